The van der Waals surface area contributed by atoms with E-state index in [-0.39, 0.29) is 0 Å². The van der Waals surface area contributed by atoms with Crippen molar-refractivity contribution >= 4 is 16.5 Å². The molecule has 0 amide bonds. The van der Waals surface area contributed by atoms with Crippen LogP contribution in [0, 0.1) is 17.1 Å². The van der Waals surface area contributed by atoms with Crippen molar-refractivity contribution in [3.8, 4) is 6.07 Å². The van der Waals surface area contributed by atoms with Crippen molar-refractivity contribution in [3.63, 3.8) is 0 Å². The first-order valence-corrected chi connectivity index (χ1v) is 6.67. The minimum Gasteiger partial charge on any atom is -0.381 e. The Labute approximate surface area is 122 Å². The van der Waals surface area contributed by atoms with E-state index in [1.807, 2.05) is 30.3 Å². The third-order valence-corrected chi connectivity index (χ3v) is 3.39. The second kappa shape index (κ2) is 5.64. The van der Waals surface area contributed by atoms with Gasteiger partial charge in [-0.1, -0.05) is 42.5 Å². The zero-order valence-corrected chi connectivity index (χ0v) is 11.3. The number of halogens is 1. The van der Waals surface area contributed by atoms with Crippen LogP contribution in [-0.4, -0.2) is 0 Å². The van der Waals surface area contributed by atoms with Gasteiger partial charge in [0.25, 0.3) is 0 Å². The summed E-state index contributed by atoms with van der Waals surface area (Å²) in [5.41, 5.74) is 2.06. The Kier molecular flexibility index (Phi) is 3.53. The molecule has 2 nitrogen and oxygen atoms in total. The maximum atomic E-state index is 13.4. The Balaban J connectivity index is 1.87. The van der Waals surface area contributed by atoms with E-state index < -0.39 is 5.82 Å². The molecule has 0 saturated carbocycles. The Bertz CT molecular complexity index is 829. The highest BCUT2D eigenvalue weighted by Gasteiger charge is 2.03. The SMILES string of the molecule is N#Cc1cc(F)cc(NCc2cccc3ccccc23)c1. The predicted octanol–water partition coefficient (Wildman–Crippen LogP) is 4.46. The number of hydrogen-bond donors (Lipinski definition) is 1. The van der Waals surface area contributed by atoms with Crippen molar-refractivity contribution in [3.05, 3.63) is 77.6 Å². The van der Waals surface area contributed by atoms with Crippen LogP contribution < -0.4 is 5.32 Å². The molecule has 102 valence electrons. The largest absolute Gasteiger partial charge is 0.381 e. The van der Waals surface area contributed by atoms with Gasteiger partial charge in [0.2, 0.25) is 0 Å². The third-order valence-electron chi connectivity index (χ3n) is 3.39. The maximum Gasteiger partial charge on any atom is 0.126 e. The molecule has 0 spiro atoms. The van der Waals surface area contributed by atoms with Crippen molar-refractivity contribution in [1.29, 1.82) is 5.26 Å². The topological polar surface area (TPSA) is 35.8 Å². The van der Waals surface area contributed by atoms with Crippen LogP contribution >= 0.6 is 0 Å². The number of hydrogen-bond acceptors (Lipinski definition) is 2. The standard InChI is InChI=1S/C18H13FN2/c19-16-8-13(11-20)9-17(10-16)21-12-15-6-3-5-14-4-1-2-7-18(14)15/h1-10,21H,12H2. The molecule has 0 aliphatic carbocycles. The first-order valence-electron chi connectivity index (χ1n) is 6.67. The van der Waals surface area contributed by atoms with Crippen molar-refractivity contribution in [2.45, 2.75) is 6.54 Å². The summed E-state index contributed by atoms with van der Waals surface area (Å²) in [7, 11) is 0. The van der Waals surface area contributed by atoms with Crippen LogP contribution in [0.4, 0.5) is 10.1 Å². The smallest absolute Gasteiger partial charge is 0.126 e. The number of rotatable bonds is 3. The fourth-order valence-electron chi connectivity index (χ4n) is 2.40. The first kappa shape index (κ1) is 13.1. The average Bonchev–Trinajstić information content (AvgIpc) is 2.52. The summed E-state index contributed by atoms with van der Waals surface area (Å²) in [5, 5.41) is 14.4. The van der Waals surface area contributed by atoms with Gasteiger partial charge in [0.15, 0.2) is 0 Å². The molecule has 0 fully saturated rings. The number of nitrogens with zero attached hydrogens (tertiary/aromatic N) is 1. The third kappa shape index (κ3) is 2.85. The number of nitriles is 1. The lowest BCUT2D eigenvalue weighted by Crippen LogP contribution is -2.01. The molecule has 0 saturated heterocycles. The molecule has 0 radical (unpaired) electrons. The fraction of sp³-hybridized carbons (Fsp3) is 0.0556. The molecule has 21 heavy (non-hydrogen) atoms. The van der Waals surface area contributed by atoms with E-state index in [9.17, 15) is 4.39 Å². The van der Waals surface area contributed by atoms with Gasteiger partial charge in [0.05, 0.1) is 11.6 Å². The van der Waals surface area contributed by atoms with Crippen molar-refractivity contribution in [1.82, 2.24) is 0 Å². The summed E-state index contributed by atoms with van der Waals surface area (Å²) < 4.78 is 13.4. The van der Waals surface area contributed by atoms with Crippen molar-refractivity contribution < 1.29 is 4.39 Å². The van der Waals surface area contributed by atoms with Gasteiger partial charge in [0.1, 0.15) is 5.82 Å². The predicted molar refractivity (Wildman–Crippen MR) is 82.4 cm³/mol. The maximum absolute atomic E-state index is 13.4. The molecule has 0 aromatic heterocycles. The zero-order valence-electron chi connectivity index (χ0n) is 11.3. The van der Waals surface area contributed by atoms with E-state index in [1.54, 1.807) is 6.07 Å². The van der Waals surface area contributed by atoms with Gasteiger partial charge >= 0.3 is 0 Å². The summed E-state index contributed by atoms with van der Waals surface area (Å²) in [4.78, 5) is 0. The highest BCUT2D eigenvalue weighted by Crippen LogP contribution is 2.20. The van der Waals surface area contributed by atoms with Gasteiger partial charge in [-0.15, -0.1) is 0 Å². The van der Waals surface area contributed by atoms with E-state index >= 15 is 0 Å². The van der Waals surface area contributed by atoms with Crippen LogP contribution in [0.1, 0.15) is 11.1 Å². The highest BCUT2D eigenvalue weighted by atomic mass is 19.1. The molecule has 0 heterocycles. The molecule has 3 heteroatoms. The number of fused-ring (bicyclic) bond motifs is 1. The molecule has 0 aliphatic rings. The molecule has 1 N–H and O–H groups in total. The molecular formula is C18H13FN2. The lowest BCUT2D eigenvalue weighted by atomic mass is 10.0. The van der Waals surface area contributed by atoms with Gasteiger partial charge in [0, 0.05) is 12.2 Å². The Morgan fingerprint density at radius 3 is 2.67 bits per heavy atom. The second-order valence-corrected chi connectivity index (χ2v) is 4.83. The van der Waals surface area contributed by atoms with E-state index in [0.717, 1.165) is 5.56 Å². The lowest BCUT2D eigenvalue weighted by Gasteiger charge is -2.10. The number of benzene rings is 3. The summed E-state index contributed by atoms with van der Waals surface area (Å²) >= 11 is 0. The summed E-state index contributed by atoms with van der Waals surface area (Å²) in [6.45, 7) is 0.579. The van der Waals surface area contributed by atoms with E-state index in [2.05, 4.69) is 23.5 Å². The normalized spacial score (nSPS) is 10.3. The highest BCUT2D eigenvalue weighted by molar-refractivity contribution is 5.85. The van der Waals surface area contributed by atoms with Gasteiger partial charge in [-0.3, -0.25) is 0 Å². The Hall–Kier alpha value is -2.86. The fourth-order valence-corrected chi connectivity index (χ4v) is 2.40. The van der Waals surface area contributed by atoms with Crippen LogP contribution in [0.25, 0.3) is 10.8 Å². The molecule has 0 aliphatic heterocycles. The summed E-state index contributed by atoms with van der Waals surface area (Å²) in [6.07, 6.45) is 0. The first-order chi connectivity index (χ1) is 10.3. The van der Waals surface area contributed by atoms with Gasteiger partial charge in [-0.05, 0) is 34.5 Å². The van der Waals surface area contributed by atoms with Gasteiger partial charge < -0.3 is 5.32 Å². The molecule has 0 unspecified atom stereocenters. The van der Waals surface area contributed by atoms with Crippen molar-refractivity contribution in [2.24, 2.45) is 0 Å². The Morgan fingerprint density at radius 2 is 1.81 bits per heavy atom. The lowest BCUT2D eigenvalue weighted by molar-refractivity contribution is 0.627. The second-order valence-electron chi connectivity index (χ2n) is 4.83. The molecule has 0 bridgehead atoms. The minimum absolute atomic E-state index is 0.315. The van der Waals surface area contributed by atoms with E-state index in [0.29, 0.717) is 17.8 Å². The minimum atomic E-state index is -0.408. The molecule has 3 aromatic rings. The van der Waals surface area contributed by atoms with Crippen LogP contribution in [0.2, 0.25) is 0 Å². The molecule has 3 rings (SSSR count). The summed E-state index contributed by atoms with van der Waals surface area (Å²) in [5.74, 6) is -0.408. The quantitative estimate of drug-likeness (QED) is 0.766. The van der Waals surface area contributed by atoms with E-state index in [1.165, 1.54) is 22.9 Å². The number of anilines is 1. The van der Waals surface area contributed by atoms with Crippen LogP contribution in [0.5, 0.6) is 0 Å². The van der Waals surface area contributed by atoms with Crippen LogP contribution in [-0.2, 0) is 6.54 Å². The average molecular weight is 276 g/mol. The van der Waals surface area contributed by atoms with Crippen LogP contribution in [0.3, 0.4) is 0 Å². The molecular weight excluding hydrogens is 263 g/mol. The Morgan fingerprint density at radius 1 is 1.00 bits per heavy atom. The summed E-state index contributed by atoms with van der Waals surface area (Å²) in [6, 6.07) is 20.5. The van der Waals surface area contributed by atoms with Gasteiger partial charge in [-0.2, -0.15) is 5.26 Å². The molecule has 0 atom stereocenters. The van der Waals surface area contributed by atoms with Crippen LogP contribution in [0.15, 0.2) is 60.7 Å². The monoisotopic (exact) mass is 276 g/mol. The zero-order chi connectivity index (χ0) is 14.7. The van der Waals surface area contributed by atoms with Crippen molar-refractivity contribution in [2.75, 3.05) is 5.32 Å². The van der Waals surface area contributed by atoms with E-state index in [4.69, 9.17) is 5.26 Å². The molecule has 3 aromatic carbocycles. The number of nitrogens with one attached hydrogen (secondary N) is 1. The van der Waals surface area contributed by atoms with Gasteiger partial charge in [-0.25, -0.2) is 4.39 Å².